The fourth-order valence-electron chi connectivity index (χ4n) is 4.48. The summed E-state index contributed by atoms with van der Waals surface area (Å²) >= 11 is 7.72. The molecule has 3 aromatic carbocycles. The molecule has 2 saturated heterocycles. The Morgan fingerprint density at radius 2 is 1.89 bits per heavy atom. The lowest BCUT2D eigenvalue weighted by atomic mass is 10.1. The number of thioether (sulfide) groups is 1. The second kappa shape index (κ2) is 10.3. The van der Waals surface area contributed by atoms with Crippen molar-refractivity contribution in [3.05, 3.63) is 88.9 Å². The summed E-state index contributed by atoms with van der Waals surface area (Å²) in [6, 6.07) is 22.3. The van der Waals surface area contributed by atoms with Crippen molar-refractivity contribution in [3.63, 3.8) is 0 Å². The minimum atomic E-state index is -3.21. The van der Waals surface area contributed by atoms with Gasteiger partial charge in [-0.25, -0.2) is 8.42 Å². The predicted octanol–water partition coefficient (Wildman–Crippen LogP) is 5.67. The van der Waals surface area contributed by atoms with Gasteiger partial charge in [0, 0.05) is 16.7 Å². The zero-order chi connectivity index (χ0) is 25.3. The van der Waals surface area contributed by atoms with Crippen molar-refractivity contribution < 1.29 is 17.9 Å². The molecule has 0 bridgehead atoms. The molecule has 2 atom stereocenters. The van der Waals surface area contributed by atoms with E-state index in [1.807, 2.05) is 66.4 Å². The second-order valence-electron chi connectivity index (χ2n) is 8.97. The topological polar surface area (TPSA) is 76.0 Å². The number of halogens is 1. The van der Waals surface area contributed by atoms with Crippen LogP contribution >= 0.6 is 23.4 Å². The number of aryl methyl sites for hydroxylation is 2. The van der Waals surface area contributed by atoms with E-state index in [9.17, 15) is 13.2 Å². The largest absolute Gasteiger partial charge is 0.455 e. The molecule has 6 nitrogen and oxygen atoms in total. The molecule has 5 rings (SSSR count). The monoisotopic (exact) mass is 540 g/mol. The number of amides is 1. The van der Waals surface area contributed by atoms with Gasteiger partial charge in [-0.3, -0.25) is 4.79 Å². The Morgan fingerprint density at radius 3 is 2.67 bits per heavy atom. The van der Waals surface area contributed by atoms with Crippen LogP contribution in [0, 0.1) is 6.92 Å². The van der Waals surface area contributed by atoms with Gasteiger partial charge in [-0.2, -0.15) is 4.99 Å². The lowest BCUT2D eigenvalue weighted by Gasteiger charge is -2.27. The Labute approximate surface area is 220 Å². The maximum atomic E-state index is 12.9. The van der Waals surface area contributed by atoms with Gasteiger partial charge < -0.3 is 9.64 Å². The zero-order valence-corrected chi connectivity index (χ0v) is 22.0. The quantitative estimate of drug-likeness (QED) is 0.400. The van der Waals surface area contributed by atoms with Gasteiger partial charge in [0.15, 0.2) is 20.8 Å². The van der Waals surface area contributed by atoms with Crippen LogP contribution in [0.2, 0.25) is 5.02 Å². The van der Waals surface area contributed by atoms with Crippen molar-refractivity contribution in [3.8, 4) is 11.5 Å². The Bertz CT molecular complexity index is 1430. The number of hydrogen-bond acceptors (Lipinski definition) is 5. The van der Waals surface area contributed by atoms with Crippen LogP contribution in [0.3, 0.4) is 0 Å². The summed E-state index contributed by atoms with van der Waals surface area (Å²) in [5, 5.41) is 0.737. The third-order valence-electron chi connectivity index (χ3n) is 6.16. The molecule has 0 spiro atoms. The van der Waals surface area contributed by atoms with Crippen LogP contribution in [-0.4, -0.2) is 42.3 Å². The van der Waals surface area contributed by atoms with Crippen molar-refractivity contribution in [1.29, 1.82) is 0 Å². The molecule has 2 aliphatic rings. The summed E-state index contributed by atoms with van der Waals surface area (Å²) in [5.41, 5.74) is 2.71. The summed E-state index contributed by atoms with van der Waals surface area (Å²) in [4.78, 5) is 19.1. The first-order chi connectivity index (χ1) is 17.3. The van der Waals surface area contributed by atoms with Gasteiger partial charge >= 0.3 is 0 Å². The maximum absolute atomic E-state index is 12.9. The van der Waals surface area contributed by atoms with Gasteiger partial charge in [-0.05, 0) is 54.8 Å². The number of amidine groups is 1. The van der Waals surface area contributed by atoms with Crippen molar-refractivity contribution in [2.45, 2.75) is 31.1 Å². The highest BCUT2D eigenvalue weighted by atomic mass is 35.5. The van der Waals surface area contributed by atoms with Crippen LogP contribution in [0.25, 0.3) is 0 Å². The summed E-state index contributed by atoms with van der Waals surface area (Å²) in [6.07, 6.45) is 0.846. The number of benzene rings is 3. The summed E-state index contributed by atoms with van der Waals surface area (Å²) in [6.45, 7) is 1.98. The number of carbonyl (C=O) groups excluding carboxylic acids is 1. The van der Waals surface area contributed by atoms with Crippen molar-refractivity contribution in [1.82, 2.24) is 0 Å². The van der Waals surface area contributed by atoms with Crippen molar-refractivity contribution in [2.24, 2.45) is 4.99 Å². The number of aliphatic imine (C=N–C) groups is 1. The number of sulfone groups is 1. The molecule has 1 amide bonds. The molecule has 2 fully saturated rings. The minimum absolute atomic E-state index is 0.0156. The van der Waals surface area contributed by atoms with E-state index >= 15 is 0 Å². The number of rotatable bonds is 6. The van der Waals surface area contributed by atoms with Gasteiger partial charge in [0.2, 0.25) is 5.91 Å². The number of nitrogens with zero attached hydrogens (tertiary/aromatic N) is 2. The van der Waals surface area contributed by atoms with Crippen molar-refractivity contribution >= 4 is 50.0 Å². The first kappa shape index (κ1) is 24.9. The van der Waals surface area contributed by atoms with E-state index in [-0.39, 0.29) is 35.1 Å². The predicted molar refractivity (Wildman–Crippen MR) is 146 cm³/mol. The molecule has 186 valence electrons. The number of fused-ring (bicyclic) bond motifs is 1. The standard InChI is InChI=1S/C27H25ClN2O4S2/c1-18-6-5-9-21(14-18)34-24-12-11-20(28)15-22(24)30-23-16-36(32,33)17-25(23)35-27(30)29-26(31)13-10-19-7-3-2-4-8-19/h2-9,11-12,14-15,23,25H,10,13,16-17H2,1H3/t23-,25-/m1/s1. The average Bonchev–Trinajstić information content (AvgIpc) is 3.30. The first-order valence-corrected chi connectivity index (χ1v) is 14.7. The smallest absolute Gasteiger partial charge is 0.248 e. The molecule has 2 aliphatic heterocycles. The van der Waals surface area contributed by atoms with Gasteiger partial charge in [-0.1, -0.05) is 65.8 Å². The van der Waals surface area contributed by atoms with Crippen LogP contribution < -0.4 is 9.64 Å². The molecule has 36 heavy (non-hydrogen) atoms. The molecule has 2 heterocycles. The number of hydrogen-bond donors (Lipinski definition) is 0. The number of ether oxygens (including phenoxy) is 1. The highest BCUT2D eigenvalue weighted by molar-refractivity contribution is 8.16. The fraction of sp³-hybridized carbons (Fsp3) is 0.259. The van der Waals surface area contributed by atoms with Crippen molar-refractivity contribution in [2.75, 3.05) is 16.4 Å². The molecular weight excluding hydrogens is 516 g/mol. The lowest BCUT2D eigenvalue weighted by Crippen LogP contribution is -2.38. The van der Waals surface area contributed by atoms with E-state index in [4.69, 9.17) is 16.3 Å². The Hall–Kier alpha value is -2.81. The van der Waals surface area contributed by atoms with E-state index in [1.165, 1.54) is 11.8 Å². The van der Waals surface area contributed by atoms with E-state index in [1.54, 1.807) is 18.2 Å². The number of anilines is 1. The fourth-order valence-corrected chi connectivity index (χ4v) is 8.57. The Morgan fingerprint density at radius 1 is 1.08 bits per heavy atom. The van der Waals surface area contributed by atoms with Crippen LogP contribution in [0.4, 0.5) is 5.69 Å². The molecule has 0 aromatic heterocycles. The Kier molecular flexibility index (Phi) is 7.10. The maximum Gasteiger partial charge on any atom is 0.248 e. The summed E-state index contributed by atoms with van der Waals surface area (Å²) < 4.78 is 31.2. The highest BCUT2D eigenvalue weighted by Gasteiger charge is 2.50. The molecule has 0 saturated carbocycles. The zero-order valence-electron chi connectivity index (χ0n) is 19.6. The third kappa shape index (κ3) is 5.61. The summed E-state index contributed by atoms with van der Waals surface area (Å²) in [7, 11) is -3.21. The molecule has 0 radical (unpaired) electrons. The van der Waals surface area contributed by atoms with Gasteiger partial charge in [0.1, 0.15) is 5.75 Å². The van der Waals surface area contributed by atoms with E-state index in [2.05, 4.69) is 4.99 Å². The Balaban J connectivity index is 1.48. The molecule has 0 unspecified atom stereocenters. The molecular formula is C27H25ClN2O4S2. The normalized spacial score (nSPS) is 21.5. The van der Waals surface area contributed by atoms with E-state index in [0.717, 1.165) is 11.1 Å². The highest BCUT2D eigenvalue weighted by Crippen LogP contribution is 2.45. The van der Waals surface area contributed by atoms with Gasteiger partial charge in [0.25, 0.3) is 0 Å². The lowest BCUT2D eigenvalue weighted by molar-refractivity contribution is -0.117. The average molecular weight is 541 g/mol. The molecule has 0 N–H and O–H groups in total. The van der Waals surface area contributed by atoms with E-state index < -0.39 is 9.84 Å². The minimum Gasteiger partial charge on any atom is -0.455 e. The van der Waals surface area contributed by atoms with Crippen LogP contribution in [0.15, 0.2) is 77.8 Å². The first-order valence-electron chi connectivity index (χ1n) is 11.6. The van der Waals surface area contributed by atoms with Crippen LogP contribution in [0.5, 0.6) is 11.5 Å². The van der Waals surface area contributed by atoms with Gasteiger partial charge in [-0.15, -0.1) is 0 Å². The SMILES string of the molecule is Cc1cccc(Oc2ccc(Cl)cc2N2C(=NC(=O)CCc3ccccc3)S[C@@H]3CS(=O)(=O)C[C@H]32)c1. The van der Waals surface area contributed by atoms with Gasteiger partial charge in [0.05, 0.1) is 23.2 Å². The van der Waals surface area contributed by atoms with Crippen LogP contribution in [0.1, 0.15) is 17.5 Å². The van der Waals surface area contributed by atoms with E-state index in [0.29, 0.717) is 33.8 Å². The third-order valence-corrected chi connectivity index (χ3v) is 9.60. The summed E-state index contributed by atoms with van der Waals surface area (Å²) in [5.74, 6) is 0.944. The number of carbonyl (C=O) groups is 1. The molecule has 0 aliphatic carbocycles. The molecule has 3 aromatic rings. The molecule has 9 heteroatoms. The second-order valence-corrected chi connectivity index (χ2v) is 12.8. The van der Waals surface area contributed by atoms with Crippen LogP contribution in [-0.2, 0) is 21.1 Å².